The molecule has 1 aliphatic rings. The molecule has 1 fully saturated rings. The first-order valence-electron chi connectivity index (χ1n) is 8.34. The fourth-order valence-electron chi connectivity index (χ4n) is 3.18. The van der Waals surface area contributed by atoms with Gasteiger partial charge < -0.3 is 9.47 Å². The Hall–Kier alpha value is -3.18. The van der Waals surface area contributed by atoms with Crippen molar-refractivity contribution in [1.29, 1.82) is 0 Å². The van der Waals surface area contributed by atoms with Crippen molar-refractivity contribution in [3.8, 4) is 12.5 Å². The van der Waals surface area contributed by atoms with E-state index in [0.717, 1.165) is 18.4 Å². The molecule has 0 saturated heterocycles. The number of nitrogens with one attached hydrogen (secondary N) is 1. The van der Waals surface area contributed by atoms with Crippen molar-refractivity contribution >= 4 is 17.1 Å². The molecule has 1 aliphatic carbocycles. The van der Waals surface area contributed by atoms with E-state index in [1.54, 1.807) is 11.7 Å². The summed E-state index contributed by atoms with van der Waals surface area (Å²) in [7, 11) is 1.64. The van der Waals surface area contributed by atoms with Gasteiger partial charge in [-0.2, -0.15) is 4.85 Å². The largest absolute Gasteiger partial charge is 0.535 e. The maximum Gasteiger partial charge on any atom is 0.535 e. The Bertz CT molecular complexity index is 1030. The molecule has 132 valence electrons. The highest BCUT2D eigenvalue weighted by Crippen LogP contribution is 2.36. The number of ether oxygens (including phenoxy) is 2. The molecule has 0 aliphatic heterocycles. The van der Waals surface area contributed by atoms with Crippen LogP contribution in [0, 0.1) is 6.57 Å². The number of H-pyrrole nitrogens is 1. The second kappa shape index (κ2) is 6.61. The summed E-state index contributed by atoms with van der Waals surface area (Å²) in [5.74, 6) is 0.300. The van der Waals surface area contributed by atoms with Crippen LogP contribution in [-0.2, 0) is 11.3 Å². The molecule has 8 nitrogen and oxygen atoms in total. The standard InChI is InChI=1S/C18H17N5O3/c1-19-17-21-15-14(16(22-17)26-10-11-6-4-3-5-7-11)20-18(24)23(15)12-8-9-13(12)25-2/h1,3-7,12-13H,8-10H2,2H3/p+1/t12?,13-/m1/s1. The fourth-order valence-corrected chi connectivity index (χ4v) is 3.18. The van der Waals surface area contributed by atoms with E-state index in [1.807, 2.05) is 30.3 Å². The minimum absolute atomic E-state index is 0.0198. The van der Waals surface area contributed by atoms with E-state index in [1.165, 1.54) is 0 Å². The predicted molar refractivity (Wildman–Crippen MR) is 96.0 cm³/mol. The molecule has 0 bridgehead atoms. The first-order valence-corrected chi connectivity index (χ1v) is 8.34. The van der Waals surface area contributed by atoms with E-state index >= 15 is 0 Å². The number of hydrogen-bond acceptors (Lipinski definition) is 5. The molecule has 2 heterocycles. The van der Waals surface area contributed by atoms with E-state index in [2.05, 4.69) is 19.8 Å². The van der Waals surface area contributed by atoms with Crippen molar-refractivity contribution in [1.82, 2.24) is 19.5 Å². The molecular weight excluding hydrogens is 334 g/mol. The molecule has 1 unspecified atom stereocenters. The maximum atomic E-state index is 12.5. The molecule has 26 heavy (non-hydrogen) atoms. The van der Waals surface area contributed by atoms with E-state index in [0.29, 0.717) is 17.8 Å². The van der Waals surface area contributed by atoms with E-state index < -0.39 is 0 Å². The zero-order valence-electron chi connectivity index (χ0n) is 14.3. The summed E-state index contributed by atoms with van der Waals surface area (Å²) in [6.07, 6.45) is 1.72. The number of benzene rings is 1. The van der Waals surface area contributed by atoms with Crippen LogP contribution in [0.3, 0.4) is 0 Å². The first kappa shape index (κ1) is 16.3. The van der Waals surface area contributed by atoms with Gasteiger partial charge in [-0.05, 0) is 28.4 Å². The summed E-state index contributed by atoms with van der Waals surface area (Å²) < 4.78 is 12.8. The quantitative estimate of drug-likeness (QED) is 0.763. The summed E-state index contributed by atoms with van der Waals surface area (Å²) in [6, 6.07) is 9.59. The Morgan fingerprint density at radius 1 is 1.31 bits per heavy atom. The molecule has 3 aromatic rings. The Balaban J connectivity index is 1.76. The molecule has 0 amide bonds. The molecule has 1 aromatic carbocycles. The second-order valence-electron chi connectivity index (χ2n) is 6.15. The van der Waals surface area contributed by atoms with Crippen LogP contribution in [0.25, 0.3) is 16.0 Å². The average molecular weight is 352 g/mol. The van der Waals surface area contributed by atoms with E-state index in [4.69, 9.17) is 16.0 Å². The van der Waals surface area contributed by atoms with Crippen LogP contribution in [0.4, 0.5) is 5.95 Å². The van der Waals surface area contributed by atoms with Crippen molar-refractivity contribution in [2.75, 3.05) is 7.11 Å². The van der Waals surface area contributed by atoms with Crippen molar-refractivity contribution in [2.24, 2.45) is 0 Å². The fraction of sp³-hybridized carbons (Fsp3) is 0.333. The lowest BCUT2D eigenvalue weighted by Crippen LogP contribution is -2.39. The summed E-state index contributed by atoms with van der Waals surface area (Å²) in [5.41, 5.74) is 1.55. The number of aromatic nitrogens is 4. The van der Waals surface area contributed by atoms with E-state index in [9.17, 15) is 4.79 Å². The lowest BCUT2D eigenvalue weighted by molar-refractivity contribution is -0.00882. The third kappa shape index (κ3) is 2.72. The summed E-state index contributed by atoms with van der Waals surface area (Å²) in [4.78, 5) is 27.4. The van der Waals surface area contributed by atoms with Gasteiger partial charge in [0.15, 0.2) is 5.52 Å². The highest BCUT2D eigenvalue weighted by molar-refractivity contribution is 5.78. The van der Waals surface area contributed by atoms with Gasteiger partial charge in [-0.15, -0.1) is 0 Å². The minimum atomic E-state index is -0.278. The normalized spacial score (nSPS) is 19.1. The molecule has 2 atom stereocenters. The Morgan fingerprint density at radius 2 is 2.12 bits per heavy atom. The van der Waals surface area contributed by atoms with Gasteiger partial charge in [0.25, 0.3) is 0 Å². The number of methoxy groups -OCH3 is 1. The van der Waals surface area contributed by atoms with Crippen molar-refractivity contribution in [3.63, 3.8) is 0 Å². The van der Waals surface area contributed by atoms with Gasteiger partial charge in [0.2, 0.25) is 5.65 Å². The maximum absolute atomic E-state index is 12.5. The Labute approximate surface area is 149 Å². The minimum Gasteiger partial charge on any atom is -0.459 e. The van der Waals surface area contributed by atoms with Gasteiger partial charge in [0.1, 0.15) is 13.2 Å². The lowest BCUT2D eigenvalue weighted by atomic mass is 9.89. The number of hydrogen-bond donors (Lipinski definition) is 1. The number of rotatable bonds is 5. The molecular formula is C18H18N5O3+. The van der Waals surface area contributed by atoms with Crippen LogP contribution < -0.4 is 10.4 Å². The molecule has 0 spiro atoms. The van der Waals surface area contributed by atoms with Crippen LogP contribution in [-0.4, -0.2) is 32.7 Å². The summed E-state index contributed by atoms with van der Waals surface area (Å²) in [5, 5.41) is 0. The van der Waals surface area contributed by atoms with Crippen molar-refractivity contribution in [3.05, 3.63) is 51.2 Å². The molecule has 8 heteroatoms. The van der Waals surface area contributed by atoms with Crippen LogP contribution in [0.1, 0.15) is 24.4 Å². The highest BCUT2D eigenvalue weighted by Gasteiger charge is 2.37. The SMILES string of the molecule is C#[N+]c1nc(OCc2ccccc2)c2[nH]c(=O)n(C3CC[C@H]3OC)c2n1. The number of aromatic amines is 1. The Kier molecular flexibility index (Phi) is 4.14. The molecule has 0 radical (unpaired) electrons. The zero-order valence-corrected chi connectivity index (χ0v) is 14.3. The van der Waals surface area contributed by atoms with Crippen molar-refractivity contribution < 1.29 is 9.47 Å². The van der Waals surface area contributed by atoms with Crippen LogP contribution in [0.5, 0.6) is 5.88 Å². The molecule has 1 saturated carbocycles. The third-order valence-electron chi connectivity index (χ3n) is 4.67. The lowest BCUT2D eigenvalue weighted by Gasteiger charge is -2.35. The van der Waals surface area contributed by atoms with Gasteiger partial charge in [-0.25, -0.2) is 4.79 Å². The topological polar surface area (TPSA) is 86.4 Å². The summed E-state index contributed by atoms with van der Waals surface area (Å²) >= 11 is 0. The highest BCUT2D eigenvalue weighted by atomic mass is 16.5. The van der Waals surface area contributed by atoms with Crippen LogP contribution in [0.15, 0.2) is 35.1 Å². The second-order valence-corrected chi connectivity index (χ2v) is 6.15. The van der Waals surface area contributed by atoms with Gasteiger partial charge in [-0.1, -0.05) is 30.3 Å². The number of nitrogens with zero attached hydrogens (tertiary/aromatic N) is 4. The number of fused-ring (bicyclic) bond motifs is 1. The number of imidazole rings is 1. The monoisotopic (exact) mass is 352 g/mol. The van der Waals surface area contributed by atoms with Gasteiger partial charge >= 0.3 is 17.5 Å². The third-order valence-corrected chi connectivity index (χ3v) is 4.67. The average Bonchev–Trinajstić information content (AvgIpc) is 2.96. The van der Waals surface area contributed by atoms with Gasteiger partial charge in [-0.3, -0.25) is 9.55 Å². The summed E-state index contributed by atoms with van der Waals surface area (Å²) in [6.45, 7) is 5.67. The predicted octanol–water partition coefficient (Wildman–Crippen LogP) is 2.64. The van der Waals surface area contributed by atoms with Crippen LogP contribution >= 0.6 is 0 Å². The van der Waals surface area contributed by atoms with Gasteiger partial charge in [0, 0.05) is 7.11 Å². The van der Waals surface area contributed by atoms with Crippen LogP contribution in [0.2, 0.25) is 0 Å². The van der Waals surface area contributed by atoms with Gasteiger partial charge in [0.05, 0.1) is 12.1 Å². The Morgan fingerprint density at radius 3 is 2.77 bits per heavy atom. The molecule has 4 rings (SSSR count). The van der Waals surface area contributed by atoms with E-state index in [-0.39, 0.29) is 29.7 Å². The van der Waals surface area contributed by atoms with Crippen molar-refractivity contribution in [2.45, 2.75) is 31.6 Å². The molecule has 2 aromatic heterocycles. The smallest absolute Gasteiger partial charge is 0.459 e. The first-order chi connectivity index (χ1) is 12.7. The zero-order chi connectivity index (χ0) is 18.1. The molecule has 1 N–H and O–H groups in total.